The maximum atomic E-state index is 12.0. The van der Waals surface area contributed by atoms with Crippen molar-refractivity contribution in [2.45, 2.75) is 25.1 Å². The van der Waals surface area contributed by atoms with Gasteiger partial charge in [0, 0.05) is 0 Å². The predicted octanol–water partition coefficient (Wildman–Crippen LogP) is 1.69. The van der Waals surface area contributed by atoms with Crippen LogP contribution in [0.25, 0.3) is 0 Å². The van der Waals surface area contributed by atoms with Gasteiger partial charge in [0.25, 0.3) is 5.91 Å². The van der Waals surface area contributed by atoms with Gasteiger partial charge in [0.05, 0.1) is 6.42 Å². The largest absolute Gasteiger partial charge is 0.415 e. The van der Waals surface area contributed by atoms with E-state index in [0.29, 0.717) is 0 Å². The molecule has 0 saturated carbocycles. The van der Waals surface area contributed by atoms with Crippen LogP contribution in [0.2, 0.25) is 0 Å². The molecule has 1 unspecified atom stereocenters. The average molecular weight is 166 g/mol. The molecule has 1 heterocycles. The Morgan fingerprint density at radius 2 is 2.09 bits per heavy atom. The van der Waals surface area contributed by atoms with Crippen molar-refractivity contribution in [3.05, 3.63) is 0 Å². The van der Waals surface area contributed by atoms with Crippen molar-refractivity contribution < 1.29 is 18.0 Å². The first-order valence-corrected chi connectivity index (χ1v) is 2.88. The molecule has 1 aliphatic rings. The predicted molar refractivity (Wildman–Crippen MR) is 28.9 cm³/mol. The van der Waals surface area contributed by atoms with Crippen LogP contribution in [0.4, 0.5) is 13.2 Å². The van der Waals surface area contributed by atoms with Crippen molar-refractivity contribution in [2.75, 3.05) is 0 Å². The Labute approximate surface area is 60.3 Å². The summed E-state index contributed by atoms with van der Waals surface area (Å²) in [5.74, 6) is -0.815. The molecule has 11 heavy (non-hydrogen) atoms. The molecular formula is C5H5F3N2O. The average Bonchev–Trinajstić information content (AvgIpc) is 2.10. The van der Waals surface area contributed by atoms with Crippen molar-refractivity contribution in [1.29, 1.82) is 0 Å². The Hall–Kier alpha value is -0.940. The standard InChI is InChI=1S/C5H5F3N2O/c1-4(5(6,7)8)2-3(11)9-10-4/h2H2,1H3. The van der Waals surface area contributed by atoms with Gasteiger partial charge in [-0.2, -0.15) is 18.3 Å². The van der Waals surface area contributed by atoms with Gasteiger partial charge >= 0.3 is 6.18 Å². The van der Waals surface area contributed by atoms with E-state index in [9.17, 15) is 18.0 Å². The molecule has 0 spiro atoms. The second-order valence-electron chi connectivity index (χ2n) is 2.54. The summed E-state index contributed by atoms with van der Waals surface area (Å²) in [5.41, 5.74) is -2.29. The summed E-state index contributed by atoms with van der Waals surface area (Å²) in [7, 11) is 0. The first kappa shape index (κ1) is 8.16. The Bertz CT molecular complexity index is 222. The van der Waals surface area contributed by atoms with Crippen LogP contribution in [0, 0.1) is 0 Å². The first-order chi connectivity index (χ1) is 4.85. The van der Waals surface area contributed by atoms with Crippen LogP contribution >= 0.6 is 0 Å². The van der Waals surface area contributed by atoms with Crippen molar-refractivity contribution in [3.8, 4) is 0 Å². The smallest absolute Gasteiger partial charge is 0.271 e. The van der Waals surface area contributed by atoms with Crippen molar-refractivity contribution in [1.82, 2.24) is 0 Å². The van der Waals surface area contributed by atoms with E-state index >= 15 is 0 Å². The molecule has 1 rings (SSSR count). The highest BCUT2D eigenvalue weighted by Gasteiger charge is 2.55. The van der Waals surface area contributed by atoms with Gasteiger partial charge in [0.15, 0.2) is 5.54 Å². The molecule has 62 valence electrons. The summed E-state index contributed by atoms with van der Waals surface area (Å²) in [6.07, 6.45) is -5.15. The minimum absolute atomic E-state index is 0.670. The molecule has 0 aromatic carbocycles. The Kier molecular flexibility index (Phi) is 1.50. The number of rotatable bonds is 0. The molecule has 0 aromatic rings. The van der Waals surface area contributed by atoms with Gasteiger partial charge in [-0.25, -0.2) is 0 Å². The molecule has 0 aliphatic carbocycles. The molecule has 0 bridgehead atoms. The van der Waals surface area contributed by atoms with E-state index in [1.54, 1.807) is 0 Å². The number of nitrogens with zero attached hydrogens (tertiary/aromatic N) is 2. The molecule has 0 aromatic heterocycles. The van der Waals surface area contributed by atoms with E-state index in [4.69, 9.17) is 0 Å². The van der Waals surface area contributed by atoms with E-state index < -0.39 is 24.0 Å². The van der Waals surface area contributed by atoms with E-state index in [-0.39, 0.29) is 0 Å². The van der Waals surface area contributed by atoms with Crippen molar-refractivity contribution in [2.24, 2.45) is 10.2 Å². The van der Waals surface area contributed by atoms with E-state index in [2.05, 4.69) is 10.2 Å². The fourth-order valence-corrected chi connectivity index (χ4v) is 0.688. The number of amides is 1. The van der Waals surface area contributed by atoms with Crippen LogP contribution in [0.1, 0.15) is 13.3 Å². The molecule has 0 N–H and O–H groups in total. The second-order valence-corrected chi connectivity index (χ2v) is 2.54. The number of alkyl halides is 3. The molecule has 1 amide bonds. The first-order valence-electron chi connectivity index (χ1n) is 2.88. The normalized spacial score (nSPS) is 31.5. The molecular weight excluding hydrogens is 161 g/mol. The zero-order valence-corrected chi connectivity index (χ0v) is 5.64. The summed E-state index contributed by atoms with van der Waals surface area (Å²) >= 11 is 0. The third-order valence-electron chi connectivity index (χ3n) is 1.49. The lowest BCUT2D eigenvalue weighted by Crippen LogP contribution is -2.39. The van der Waals surface area contributed by atoms with Crippen LogP contribution in [0.15, 0.2) is 10.2 Å². The van der Waals surface area contributed by atoms with Gasteiger partial charge in [0.2, 0.25) is 0 Å². The molecule has 0 fully saturated rings. The van der Waals surface area contributed by atoms with Crippen LogP contribution in [-0.4, -0.2) is 17.6 Å². The number of hydrogen-bond acceptors (Lipinski definition) is 2. The number of carbonyl (C=O) groups excluding carboxylic acids is 1. The molecule has 1 aliphatic heterocycles. The second kappa shape index (κ2) is 2.02. The van der Waals surface area contributed by atoms with Gasteiger partial charge in [-0.05, 0) is 6.92 Å². The summed E-state index contributed by atoms with van der Waals surface area (Å²) in [5, 5.41) is 5.69. The lowest BCUT2D eigenvalue weighted by Gasteiger charge is -2.20. The zero-order chi connectivity index (χ0) is 8.70. The monoisotopic (exact) mass is 166 g/mol. The van der Waals surface area contributed by atoms with Gasteiger partial charge < -0.3 is 0 Å². The summed E-state index contributed by atoms with van der Waals surface area (Å²) in [4.78, 5) is 10.3. The fourth-order valence-electron chi connectivity index (χ4n) is 0.688. The van der Waals surface area contributed by atoms with E-state index in [0.717, 1.165) is 6.92 Å². The highest BCUT2D eigenvalue weighted by Crippen LogP contribution is 2.39. The maximum absolute atomic E-state index is 12.0. The Balaban J connectivity index is 2.88. The molecule has 3 nitrogen and oxygen atoms in total. The number of azo groups is 1. The third-order valence-corrected chi connectivity index (χ3v) is 1.49. The summed E-state index contributed by atoms with van der Waals surface area (Å²) in [6.45, 7) is 0.849. The SMILES string of the molecule is CC1(C(F)(F)F)CC(=O)N=N1. The third kappa shape index (κ3) is 1.24. The fraction of sp³-hybridized carbons (Fsp3) is 0.800. The minimum atomic E-state index is -4.48. The van der Waals surface area contributed by atoms with Crippen molar-refractivity contribution >= 4 is 5.91 Å². The maximum Gasteiger partial charge on any atom is 0.415 e. The summed E-state index contributed by atoms with van der Waals surface area (Å²) in [6, 6.07) is 0. The molecule has 6 heteroatoms. The van der Waals surface area contributed by atoms with Gasteiger partial charge in [0.1, 0.15) is 0 Å². The molecule has 1 atom stereocenters. The van der Waals surface area contributed by atoms with Gasteiger partial charge in [-0.15, -0.1) is 5.11 Å². The molecule has 0 saturated heterocycles. The van der Waals surface area contributed by atoms with Crippen LogP contribution < -0.4 is 0 Å². The number of carbonyl (C=O) groups is 1. The van der Waals surface area contributed by atoms with Crippen molar-refractivity contribution in [3.63, 3.8) is 0 Å². The Morgan fingerprint density at radius 1 is 1.55 bits per heavy atom. The summed E-state index contributed by atoms with van der Waals surface area (Å²) < 4.78 is 36.0. The van der Waals surface area contributed by atoms with Crippen LogP contribution in [0.3, 0.4) is 0 Å². The topological polar surface area (TPSA) is 41.8 Å². The molecule has 0 radical (unpaired) electrons. The van der Waals surface area contributed by atoms with E-state index in [1.165, 1.54) is 0 Å². The number of hydrogen-bond donors (Lipinski definition) is 0. The highest BCUT2D eigenvalue weighted by atomic mass is 19.4. The number of halogens is 3. The lowest BCUT2D eigenvalue weighted by molar-refractivity contribution is -0.180. The zero-order valence-electron chi connectivity index (χ0n) is 5.64. The van der Waals surface area contributed by atoms with Crippen LogP contribution in [0.5, 0.6) is 0 Å². The quantitative estimate of drug-likeness (QED) is 0.539. The lowest BCUT2D eigenvalue weighted by atomic mass is 10.00. The Morgan fingerprint density at radius 3 is 2.27 bits per heavy atom. The van der Waals surface area contributed by atoms with E-state index in [1.807, 2.05) is 0 Å². The minimum Gasteiger partial charge on any atom is -0.271 e. The van der Waals surface area contributed by atoms with Crippen LogP contribution in [-0.2, 0) is 4.79 Å². The highest BCUT2D eigenvalue weighted by molar-refractivity contribution is 5.79. The van der Waals surface area contributed by atoms with Gasteiger partial charge in [-0.3, -0.25) is 4.79 Å². The van der Waals surface area contributed by atoms with Gasteiger partial charge in [-0.1, -0.05) is 0 Å².